The second-order valence-electron chi connectivity index (χ2n) is 11.6. The van der Waals surface area contributed by atoms with Gasteiger partial charge in [-0.05, 0) is 80.5 Å². The summed E-state index contributed by atoms with van der Waals surface area (Å²) in [4.78, 5) is 0. The summed E-state index contributed by atoms with van der Waals surface area (Å²) < 4.78 is 0. The van der Waals surface area contributed by atoms with E-state index < -0.39 is 7.92 Å². The molecule has 0 atom stereocenters. The fourth-order valence-electron chi connectivity index (χ4n) is 5.92. The van der Waals surface area contributed by atoms with E-state index in [0.29, 0.717) is 17.8 Å². The smallest absolute Gasteiger partial charge is 0.00724 e. The first-order valence-corrected chi connectivity index (χ1v) is 16.0. The SMILES string of the molecule is CC(C)c1cc(C(C)C)c(-c2ccccc2P(c2ccccc2)c2ccccc2)c(C(C)C)c1-c1ccccc1. The Morgan fingerprint density at radius 3 is 1.40 bits per heavy atom. The summed E-state index contributed by atoms with van der Waals surface area (Å²) in [7, 11) is -0.738. The average molecular weight is 541 g/mol. The largest absolute Gasteiger partial charge is 0.0622 e. The van der Waals surface area contributed by atoms with Crippen LogP contribution in [0.5, 0.6) is 0 Å². The lowest BCUT2D eigenvalue weighted by molar-refractivity contribution is 0.811. The number of rotatable bonds is 8. The Bertz CT molecular complexity index is 1510. The zero-order valence-corrected chi connectivity index (χ0v) is 25.6. The molecule has 0 aliphatic rings. The molecule has 0 aromatic heterocycles. The second-order valence-corrected chi connectivity index (χ2v) is 13.8. The van der Waals surface area contributed by atoms with Crippen LogP contribution in [0.3, 0.4) is 0 Å². The van der Waals surface area contributed by atoms with Crippen LogP contribution in [0.1, 0.15) is 76.0 Å². The molecule has 1 heteroatoms. The fraction of sp³-hybridized carbons (Fsp3) is 0.231. The van der Waals surface area contributed by atoms with Crippen molar-refractivity contribution in [1.82, 2.24) is 0 Å². The van der Waals surface area contributed by atoms with Gasteiger partial charge in [0.25, 0.3) is 0 Å². The molecule has 0 unspecified atom stereocenters. The van der Waals surface area contributed by atoms with Crippen LogP contribution in [0.4, 0.5) is 0 Å². The molecular weight excluding hydrogens is 499 g/mol. The van der Waals surface area contributed by atoms with E-state index in [1.807, 2.05) is 0 Å². The van der Waals surface area contributed by atoms with E-state index in [4.69, 9.17) is 0 Å². The molecule has 0 saturated heterocycles. The van der Waals surface area contributed by atoms with Gasteiger partial charge in [-0.15, -0.1) is 0 Å². The third-order valence-electron chi connectivity index (χ3n) is 7.75. The highest BCUT2D eigenvalue weighted by Crippen LogP contribution is 2.47. The molecule has 202 valence electrons. The molecular formula is C39H41P. The molecule has 40 heavy (non-hydrogen) atoms. The maximum absolute atomic E-state index is 2.53. The van der Waals surface area contributed by atoms with Crippen LogP contribution in [0, 0.1) is 0 Å². The molecule has 0 aliphatic carbocycles. The van der Waals surface area contributed by atoms with Gasteiger partial charge in [-0.1, -0.05) is 163 Å². The first kappa shape index (κ1) is 28.1. The van der Waals surface area contributed by atoms with Crippen molar-refractivity contribution in [2.24, 2.45) is 0 Å². The zero-order chi connectivity index (χ0) is 28.2. The van der Waals surface area contributed by atoms with Gasteiger partial charge in [-0.25, -0.2) is 0 Å². The number of hydrogen-bond donors (Lipinski definition) is 0. The Kier molecular flexibility index (Phi) is 8.68. The molecule has 5 rings (SSSR count). The van der Waals surface area contributed by atoms with Gasteiger partial charge in [-0.3, -0.25) is 0 Å². The van der Waals surface area contributed by atoms with E-state index in [-0.39, 0.29) is 0 Å². The first-order chi connectivity index (χ1) is 19.4. The molecule has 0 fully saturated rings. The van der Waals surface area contributed by atoms with Gasteiger partial charge in [0.2, 0.25) is 0 Å². The van der Waals surface area contributed by atoms with Crippen LogP contribution < -0.4 is 15.9 Å². The van der Waals surface area contributed by atoms with Crippen molar-refractivity contribution in [2.45, 2.75) is 59.3 Å². The van der Waals surface area contributed by atoms with Crippen molar-refractivity contribution in [3.05, 3.63) is 138 Å². The molecule has 0 amide bonds. The normalized spacial score (nSPS) is 11.7. The first-order valence-electron chi connectivity index (χ1n) is 14.6. The highest BCUT2D eigenvalue weighted by molar-refractivity contribution is 7.80. The Balaban J connectivity index is 1.90. The van der Waals surface area contributed by atoms with E-state index >= 15 is 0 Å². The summed E-state index contributed by atoms with van der Waals surface area (Å²) in [6.45, 7) is 14.1. The van der Waals surface area contributed by atoms with Crippen molar-refractivity contribution in [2.75, 3.05) is 0 Å². The number of hydrogen-bond acceptors (Lipinski definition) is 0. The Morgan fingerprint density at radius 2 is 0.900 bits per heavy atom. The van der Waals surface area contributed by atoms with Crippen molar-refractivity contribution >= 4 is 23.8 Å². The predicted molar refractivity (Wildman–Crippen MR) is 178 cm³/mol. The molecule has 0 spiro atoms. The molecule has 0 aliphatic heterocycles. The molecule has 0 bridgehead atoms. The summed E-state index contributed by atoms with van der Waals surface area (Å²) in [6.07, 6.45) is 0. The summed E-state index contributed by atoms with van der Waals surface area (Å²) in [6, 6.07) is 45.0. The Labute approximate surface area is 242 Å². The minimum Gasteiger partial charge on any atom is -0.0622 e. The zero-order valence-electron chi connectivity index (χ0n) is 24.7. The van der Waals surface area contributed by atoms with Gasteiger partial charge in [-0.2, -0.15) is 0 Å². The van der Waals surface area contributed by atoms with Crippen LogP contribution in [-0.4, -0.2) is 0 Å². The Morgan fingerprint density at radius 1 is 0.450 bits per heavy atom. The summed E-state index contributed by atoms with van der Waals surface area (Å²) in [5.74, 6) is 1.21. The van der Waals surface area contributed by atoms with Gasteiger partial charge in [0.1, 0.15) is 0 Å². The third kappa shape index (κ3) is 5.56. The van der Waals surface area contributed by atoms with Crippen molar-refractivity contribution in [3.63, 3.8) is 0 Å². The van der Waals surface area contributed by atoms with E-state index in [1.54, 1.807) is 0 Å². The van der Waals surface area contributed by atoms with Gasteiger partial charge in [0, 0.05) is 0 Å². The Hall–Kier alpha value is -3.47. The fourth-order valence-corrected chi connectivity index (χ4v) is 8.38. The molecule has 0 N–H and O–H groups in total. The second kappa shape index (κ2) is 12.4. The van der Waals surface area contributed by atoms with Crippen LogP contribution in [0.25, 0.3) is 22.3 Å². The van der Waals surface area contributed by atoms with Crippen molar-refractivity contribution in [3.8, 4) is 22.3 Å². The molecule has 0 saturated carbocycles. The highest BCUT2D eigenvalue weighted by Gasteiger charge is 2.28. The summed E-state index contributed by atoms with van der Waals surface area (Å²) in [5, 5.41) is 4.20. The third-order valence-corrected chi connectivity index (χ3v) is 10.3. The van der Waals surface area contributed by atoms with Gasteiger partial charge in [0.15, 0.2) is 0 Å². The lowest BCUT2D eigenvalue weighted by Gasteiger charge is -2.30. The van der Waals surface area contributed by atoms with Crippen molar-refractivity contribution in [1.29, 1.82) is 0 Å². The van der Waals surface area contributed by atoms with Gasteiger partial charge >= 0.3 is 0 Å². The maximum atomic E-state index is 2.53. The lowest BCUT2D eigenvalue weighted by Crippen LogP contribution is -2.23. The quantitative estimate of drug-likeness (QED) is 0.172. The topological polar surface area (TPSA) is 0 Å². The predicted octanol–water partition coefficient (Wildman–Crippen LogP) is 10.1. The van der Waals surface area contributed by atoms with E-state index in [2.05, 4.69) is 163 Å². The molecule has 0 heterocycles. The maximum Gasteiger partial charge on any atom is -0.00724 e. The summed E-state index contributed by atoms with van der Waals surface area (Å²) in [5.41, 5.74) is 9.93. The average Bonchev–Trinajstić information content (AvgIpc) is 2.98. The monoisotopic (exact) mass is 540 g/mol. The van der Waals surface area contributed by atoms with Gasteiger partial charge in [0.05, 0.1) is 0 Å². The van der Waals surface area contributed by atoms with Crippen LogP contribution in [-0.2, 0) is 0 Å². The number of benzene rings is 5. The lowest BCUT2D eigenvalue weighted by atomic mass is 9.76. The van der Waals surface area contributed by atoms with Crippen molar-refractivity contribution < 1.29 is 0 Å². The minimum absolute atomic E-state index is 0.370. The van der Waals surface area contributed by atoms with E-state index in [9.17, 15) is 0 Å². The molecule has 5 aromatic rings. The van der Waals surface area contributed by atoms with Crippen LogP contribution in [0.2, 0.25) is 0 Å². The minimum atomic E-state index is -0.738. The highest BCUT2D eigenvalue weighted by atomic mass is 31.1. The van der Waals surface area contributed by atoms with Crippen LogP contribution >= 0.6 is 7.92 Å². The van der Waals surface area contributed by atoms with E-state index in [1.165, 1.54) is 54.9 Å². The van der Waals surface area contributed by atoms with E-state index in [0.717, 1.165) is 0 Å². The van der Waals surface area contributed by atoms with Gasteiger partial charge < -0.3 is 0 Å². The molecule has 0 radical (unpaired) electrons. The standard InChI is InChI=1S/C39H41P/c1-27(2)34-26-35(28(3)4)39(37(29(5)6)38(34)30-18-10-7-11-19-30)33-24-16-17-25-36(33)40(31-20-12-8-13-21-31)32-22-14-9-15-23-32/h7-29H,1-6H3. The molecule has 5 aromatic carbocycles. The van der Waals surface area contributed by atoms with Crippen LogP contribution in [0.15, 0.2) is 121 Å². The molecule has 0 nitrogen and oxygen atoms in total. The summed E-state index contributed by atoms with van der Waals surface area (Å²) >= 11 is 0.